The molecule has 1 heterocycles. The fourth-order valence-electron chi connectivity index (χ4n) is 3.97. The summed E-state index contributed by atoms with van der Waals surface area (Å²) in [6.07, 6.45) is 5.13. The monoisotopic (exact) mass is 556 g/mol. The van der Waals surface area contributed by atoms with Crippen molar-refractivity contribution >= 4 is 47.4 Å². The Kier molecular flexibility index (Phi) is 9.86. The minimum absolute atomic E-state index is 0. The number of rotatable bonds is 6. The number of carbonyl (C=O) groups is 1. The summed E-state index contributed by atoms with van der Waals surface area (Å²) in [6.45, 7) is -1.30. The van der Waals surface area contributed by atoms with Gasteiger partial charge in [0, 0.05) is 49.2 Å². The molecular weight excluding hydrogens is 529 g/mol. The number of aliphatic imine (C=N–C) groups is 1. The van der Waals surface area contributed by atoms with E-state index in [1.165, 1.54) is 12.1 Å². The Hall–Kier alpha value is -1.36. The van der Waals surface area contributed by atoms with E-state index >= 15 is 0 Å². The van der Waals surface area contributed by atoms with Crippen LogP contribution in [0.3, 0.4) is 0 Å². The van der Waals surface area contributed by atoms with Crippen LogP contribution < -0.4 is 15.4 Å². The van der Waals surface area contributed by atoms with Crippen molar-refractivity contribution in [3.63, 3.8) is 0 Å². The van der Waals surface area contributed by atoms with Gasteiger partial charge in [-0.15, -0.1) is 24.0 Å². The molecule has 0 radical (unpaired) electrons. The summed E-state index contributed by atoms with van der Waals surface area (Å²) in [4.78, 5) is 18.7. The minimum atomic E-state index is -2.91. The van der Waals surface area contributed by atoms with Gasteiger partial charge in [-0.25, -0.2) is 0 Å². The summed E-state index contributed by atoms with van der Waals surface area (Å²) in [6, 6.07) is 4.61. The number of ether oxygens (including phenoxy) is 1. The summed E-state index contributed by atoms with van der Waals surface area (Å²) in [5.74, 6) is 1.06. The maximum atomic E-state index is 12.6. The van der Waals surface area contributed by atoms with E-state index in [9.17, 15) is 13.6 Å². The normalized spacial score (nSPS) is 19.7. The van der Waals surface area contributed by atoms with Crippen LogP contribution in [0, 0.1) is 5.92 Å². The molecule has 1 saturated heterocycles. The molecule has 1 amide bonds. The number of benzene rings is 1. The lowest BCUT2D eigenvalue weighted by Gasteiger charge is -2.21. The van der Waals surface area contributed by atoms with Gasteiger partial charge >= 0.3 is 6.61 Å². The van der Waals surface area contributed by atoms with Crippen LogP contribution in [-0.4, -0.2) is 49.6 Å². The molecular formula is C20H28ClF2IN4O2. The minimum Gasteiger partial charge on any atom is -0.434 e. The van der Waals surface area contributed by atoms with Crippen LogP contribution in [0.4, 0.5) is 8.78 Å². The van der Waals surface area contributed by atoms with Crippen molar-refractivity contribution in [2.45, 2.75) is 51.3 Å². The summed E-state index contributed by atoms with van der Waals surface area (Å²) < 4.78 is 29.8. The van der Waals surface area contributed by atoms with Crippen molar-refractivity contribution in [1.82, 2.24) is 15.5 Å². The van der Waals surface area contributed by atoms with E-state index < -0.39 is 6.61 Å². The Morgan fingerprint density at radius 3 is 2.73 bits per heavy atom. The van der Waals surface area contributed by atoms with Gasteiger partial charge in [0.05, 0.1) is 0 Å². The maximum absolute atomic E-state index is 12.6. The van der Waals surface area contributed by atoms with E-state index in [0.29, 0.717) is 23.1 Å². The molecule has 1 aliphatic carbocycles. The van der Waals surface area contributed by atoms with Crippen LogP contribution in [-0.2, 0) is 11.3 Å². The van der Waals surface area contributed by atoms with E-state index in [0.717, 1.165) is 38.6 Å². The summed E-state index contributed by atoms with van der Waals surface area (Å²) in [5, 5.41) is 6.85. The number of carbonyl (C=O) groups excluding carboxylic acids is 1. The highest BCUT2D eigenvalue weighted by Crippen LogP contribution is 2.28. The Labute approximate surface area is 197 Å². The second-order valence-corrected chi connectivity index (χ2v) is 7.89. The molecule has 0 bridgehead atoms. The predicted octanol–water partition coefficient (Wildman–Crippen LogP) is 4.02. The third kappa shape index (κ3) is 6.83. The van der Waals surface area contributed by atoms with Crippen molar-refractivity contribution in [2.24, 2.45) is 10.9 Å². The van der Waals surface area contributed by atoms with E-state index in [4.69, 9.17) is 11.6 Å². The molecule has 1 atom stereocenters. The number of likely N-dealkylation sites (tertiary alicyclic amines) is 1. The molecule has 3 rings (SSSR count). The second-order valence-electron chi connectivity index (χ2n) is 7.45. The SMILES string of the molecule is CN=C(NCc1cc(Cl)ccc1OC(F)F)NC1CCN(C(=O)C2CCCC2)C1.I. The van der Waals surface area contributed by atoms with E-state index in [-0.39, 0.29) is 54.1 Å². The van der Waals surface area contributed by atoms with Gasteiger partial charge in [-0.05, 0) is 37.5 Å². The number of nitrogens with one attached hydrogen (secondary N) is 2. The molecule has 0 spiro atoms. The maximum Gasteiger partial charge on any atom is 0.387 e. The van der Waals surface area contributed by atoms with Crippen LogP contribution in [0.5, 0.6) is 5.75 Å². The van der Waals surface area contributed by atoms with Crippen LogP contribution in [0.15, 0.2) is 23.2 Å². The quantitative estimate of drug-likeness (QED) is 0.316. The highest BCUT2D eigenvalue weighted by atomic mass is 127. The van der Waals surface area contributed by atoms with Gasteiger partial charge in [-0.3, -0.25) is 9.79 Å². The van der Waals surface area contributed by atoms with Gasteiger partial charge in [0.25, 0.3) is 0 Å². The number of alkyl halides is 2. The number of halogens is 4. The lowest BCUT2D eigenvalue weighted by atomic mass is 10.1. The van der Waals surface area contributed by atoms with E-state index in [2.05, 4.69) is 20.4 Å². The lowest BCUT2D eigenvalue weighted by Crippen LogP contribution is -2.45. The molecule has 1 aromatic rings. The smallest absolute Gasteiger partial charge is 0.387 e. The van der Waals surface area contributed by atoms with Gasteiger partial charge in [0.15, 0.2) is 5.96 Å². The third-order valence-corrected chi connectivity index (χ3v) is 5.69. The van der Waals surface area contributed by atoms with E-state index in [1.54, 1.807) is 13.1 Å². The highest BCUT2D eigenvalue weighted by Gasteiger charge is 2.32. The first-order valence-electron chi connectivity index (χ1n) is 9.95. The molecule has 1 aliphatic heterocycles. The fraction of sp³-hybridized carbons (Fsp3) is 0.600. The van der Waals surface area contributed by atoms with Crippen LogP contribution >= 0.6 is 35.6 Å². The number of hydrogen-bond donors (Lipinski definition) is 2. The Bertz CT molecular complexity index is 748. The lowest BCUT2D eigenvalue weighted by molar-refractivity contribution is -0.134. The standard InChI is InChI=1S/C20H27ClF2N4O2.HI/c1-24-20(25-11-14-10-15(21)6-7-17(14)29-19(22)23)26-16-8-9-27(12-16)18(28)13-4-2-3-5-13;/h6-7,10,13,16,19H,2-5,8-9,11-12H2,1H3,(H2,24,25,26);1H. The molecule has 1 unspecified atom stereocenters. The Balaban J connectivity index is 0.00000320. The summed E-state index contributed by atoms with van der Waals surface area (Å²) in [5.41, 5.74) is 0.505. The molecule has 6 nitrogen and oxygen atoms in total. The van der Waals surface area contributed by atoms with Gasteiger partial charge in [0.1, 0.15) is 5.75 Å². The summed E-state index contributed by atoms with van der Waals surface area (Å²) >= 11 is 5.99. The van der Waals surface area contributed by atoms with Gasteiger partial charge in [-0.1, -0.05) is 24.4 Å². The largest absolute Gasteiger partial charge is 0.434 e. The van der Waals surface area contributed by atoms with Crippen molar-refractivity contribution < 1.29 is 18.3 Å². The molecule has 10 heteroatoms. The third-order valence-electron chi connectivity index (χ3n) is 5.45. The molecule has 30 heavy (non-hydrogen) atoms. The van der Waals surface area contributed by atoms with Gasteiger partial charge in [0.2, 0.25) is 5.91 Å². The average molecular weight is 557 g/mol. The van der Waals surface area contributed by atoms with Crippen LogP contribution in [0.2, 0.25) is 5.02 Å². The molecule has 1 aromatic carbocycles. The van der Waals surface area contributed by atoms with E-state index in [1.807, 2.05) is 4.90 Å². The second kappa shape index (κ2) is 11.9. The van der Waals surface area contributed by atoms with Crippen molar-refractivity contribution in [1.29, 1.82) is 0 Å². The zero-order chi connectivity index (χ0) is 20.8. The predicted molar refractivity (Wildman–Crippen MR) is 124 cm³/mol. The molecule has 168 valence electrons. The molecule has 2 N–H and O–H groups in total. The van der Waals surface area contributed by atoms with Crippen LogP contribution in [0.1, 0.15) is 37.7 Å². The first-order valence-corrected chi connectivity index (χ1v) is 10.3. The molecule has 1 saturated carbocycles. The topological polar surface area (TPSA) is 66.0 Å². The zero-order valence-electron chi connectivity index (χ0n) is 16.9. The van der Waals surface area contributed by atoms with Gasteiger partial charge < -0.3 is 20.3 Å². The zero-order valence-corrected chi connectivity index (χ0v) is 20.0. The number of nitrogens with zero attached hydrogens (tertiary/aromatic N) is 2. The summed E-state index contributed by atoms with van der Waals surface area (Å²) in [7, 11) is 1.64. The first-order chi connectivity index (χ1) is 14.0. The highest BCUT2D eigenvalue weighted by molar-refractivity contribution is 14.0. The van der Waals surface area contributed by atoms with Crippen molar-refractivity contribution in [3.05, 3.63) is 28.8 Å². The molecule has 2 fully saturated rings. The number of hydrogen-bond acceptors (Lipinski definition) is 3. The molecule has 2 aliphatic rings. The average Bonchev–Trinajstić information content (AvgIpc) is 3.38. The first kappa shape index (κ1) is 24.9. The Morgan fingerprint density at radius 1 is 1.33 bits per heavy atom. The Morgan fingerprint density at radius 2 is 2.07 bits per heavy atom. The number of guanidine groups is 1. The van der Waals surface area contributed by atoms with Crippen LogP contribution in [0.25, 0.3) is 0 Å². The van der Waals surface area contributed by atoms with Crippen molar-refractivity contribution in [3.8, 4) is 5.75 Å². The number of amides is 1. The molecule has 0 aromatic heterocycles. The fourth-order valence-corrected chi connectivity index (χ4v) is 4.17. The van der Waals surface area contributed by atoms with Gasteiger partial charge in [-0.2, -0.15) is 8.78 Å². The van der Waals surface area contributed by atoms with Crippen molar-refractivity contribution in [2.75, 3.05) is 20.1 Å².